The summed E-state index contributed by atoms with van der Waals surface area (Å²) >= 11 is 0. The fraction of sp³-hybridized carbons (Fsp3) is 0.625. The van der Waals surface area contributed by atoms with Gasteiger partial charge in [-0.05, 0) is 55.1 Å². The van der Waals surface area contributed by atoms with Gasteiger partial charge in [0, 0.05) is 6.54 Å². The van der Waals surface area contributed by atoms with E-state index < -0.39 is 0 Å². The lowest BCUT2D eigenvalue weighted by atomic mass is 9.88. The molecule has 17 heavy (non-hydrogen) atoms. The lowest BCUT2D eigenvalue weighted by Crippen LogP contribution is -2.13. The van der Waals surface area contributed by atoms with Crippen LogP contribution in [0.25, 0.3) is 0 Å². The first-order chi connectivity index (χ1) is 7.82. The number of hydrogen-bond donors (Lipinski definition) is 0. The topological polar surface area (TPSA) is 3.24 Å². The summed E-state index contributed by atoms with van der Waals surface area (Å²) in [6.07, 6.45) is 0. The van der Waals surface area contributed by atoms with E-state index in [9.17, 15) is 0 Å². The Hall–Kier alpha value is -0.820. The second-order valence-corrected chi connectivity index (χ2v) is 5.94. The highest BCUT2D eigenvalue weighted by atomic mass is 15.0. The lowest BCUT2D eigenvalue weighted by Gasteiger charge is -2.20. The van der Waals surface area contributed by atoms with Crippen LogP contribution in [0.1, 0.15) is 61.8 Å². The smallest absolute Gasteiger partial charge is 0.0230 e. The van der Waals surface area contributed by atoms with Crippen molar-refractivity contribution in [2.75, 3.05) is 14.1 Å². The maximum absolute atomic E-state index is 2.39. The molecule has 0 aromatic heterocycles. The third-order valence-corrected chi connectivity index (χ3v) is 3.35. The monoisotopic (exact) mass is 233 g/mol. The molecule has 1 heteroatoms. The molecule has 0 radical (unpaired) electrons. The molecule has 0 aliphatic heterocycles. The van der Waals surface area contributed by atoms with E-state index in [4.69, 9.17) is 0 Å². The van der Waals surface area contributed by atoms with E-state index in [-0.39, 0.29) is 0 Å². The Morgan fingerprint density at radius 2 is 1.59 bits per heavy atom. The third-order valence-electron chi connectivity index (χ3n) is 3.35. The average Bonchev–Trinajstić information content (AvgIpc) is 2.19. The molecule has 1 nitrogen and oxygen atoms in total. The summed E-state index contributed by atoms with van der Waals surface area (Å²) < 4.78 is 0. The van der Waals surface area contributed by atoms with Gasteiger partial charge in [-0.1, -0.05) is 39.8 Å². The molecule has 0 unspecified atom stereocenters. The van der Waals surface area contributed by atoms with Crippen molar-refractivity contribution in [2.24, 2.45) is 0 Å². The van der Waals surface area contributed by atoms with Crippen molar-refractivity contribution in [3.63, 3.8) is 0 Å². The zero-order valence-corrected chi connectivity index (χ0v) is 12.5. The van der Waals surface area contributed by atoms with Crippen LogP contribution < -0.4 is 0 Å². The van der Waals surface area contributed by atoms with Crippen molar-refractivity contribution in [1.29, 1.82) is 0 Å². The highest BCUT2D eigenvalue weighted by Crippen LogP contribution is 2.28. The molecule has 0 aliphatic rings. The quantitative estimate of drug-likeness (QED) is 0.749. The molecule has 0 saturated heterocycles. The van der Waals surface area contributed by atoms with Crippen molar-refractivity contribution in [3.05, 3.63) is 34.4 Å². The minimum Gasteiger partial charge on any atom is -0.305 e. The first-order valence-electron chi connectivity index (χ1n) is 6.61. The van der Waals surface area contributed by atoms with Gasteiger partial charge in [-0.2, -0.15) is 0 Å². The van der Waals surface area contributed by atoms with Gasteiger partial charge < -0.3 is 4.90 Å². The van der Waals surface area contributed by atoms with Crippen LogP contribution in [0.2, 0.25) is 0 Å². The molecule has 0 heterocycles. The standard InChI is InChI=1S/C16H27N/c1-11(2)14-8-15(10-17(6)7)13(5)16(9-14)12(3)4/h8-9,11-12H,10H2,1-7H3. The summed E-state index contributed by atoms with van der Waals surface area (Å²) in [5, 5.41) is 0. The fourth-order valence-corrected chi connectivity index (χ4v) is 2.26. The van der Waals surface area contributed by atoms with E-state index >= 15 is 0 Å². The van der Waals surface area contributed by atoms with Crippen LogP contribution >= 0.6 is 0 Å². The minimum absolute atomic E-state index is 0.606. The normalized spacial score (nSPS) is 11.9. The highest BCUT2D eigenvalue weighted by Gasteiger charge is 2.12. The van der Waals surface area contributed by atoms with Crippen molar-refractivity contribution in [1.82, 2.24) is 4.90 Å². The molecule has 96 valence electrons. The van der Waals surface area contributed by atoms with Gasteiger partial charge in [0.2, 0.25) is 0 Å². The summed E-state index contributed by atoms with van der Waals surface area (Å²) in [5.41, 5.74) is 5.92. The van der Waals surface area contributed by atoms with Gasteiger partial charge in [0.15, 0.2) is 0 Å². The Balaban J connectivity index is 3.27. The molecule has 0 amide bonds. The maximum atomic E-state index is 2.39. The van der Waals surface area contributed by atoms with Crippen LogP contribution in [0, 0.1) is 6.92 Å². The van der Waals surface area contributed by atoms with Crippen LogP contribution in [0.15, 0.2) is 12.1 Å². The molecule has 0 saturated carbocycles. The molecule has 1 aromatic rings. The van der Waals surface area contributed by atoms with Crippen molar-refractivity contribution < 1.29 is 0 Å². The number of nitrogens with zero attached hydrogens (tertiary/aromatic N) is 1. The van der Waals surface area contributed by atoms with E-state index in [2.05, 4.69) is 65.7 Å². The summed E-state index contributed by atoms with van der Waals surface area (Å²) in [6.45, 7) is 12.4. The van der Waals surface area contributed by atoms with E-state index in [1.807, 2.05) is 0 Å². The molecular weight excluding hydrogens is 206 g/mol. The molecule has 1 aromatic carbocycles. The number of benzene rings is 1. The van der Waals surface area contributed by atoms with Gasteiger partial charge in [0.05, 0.1) is 0 Å². The minimum atomic E-state index is 0.606. The predicted molar refractivity (Wildman–Crippen MR) is 76.7 cm³/mol. The predicted octanol–water partition coefficient (Wildman–Crippen LogP) is 4.30. The van der Waals surface area contributed by atoms with Crippen LogP contribution in [-0.2, 0) is 6.54 Å². The Morgan fingerprint density at radius 3 is 2.00 bits per heavy atom. The van der Waals surface area contributed by atoms with Crippen LogP contribution in [0.3, 0.4) is 0 Å². The Kier molecular flexibility index (Phi) is 4.76. The Bertz CT molecular complexity index is 375. The summed E-state index contributed by atoms with van der Waals surface area (Å²) in [7, 11) is 4.27. The largest absolute Gasteiger partial charge is 0.305 e. The summed E-state index contributed by atoms with van der Waals surface area (Å²) in [6, 6.07) is 4.77. The van der Waals surface area contributed by atoms with Crippen LogP contribution in [0.4, 0.5) is 0 Å². The fourth-order valence-electron chi connectivity index (χ4n) is 2.26. The number of rotatable bonds is 4. The van der Waals surface area contributed by atoms with E-state index in [1.165, 1.54) is 22.3 Å². The van der Waals surface area contributed by atoms with E-state index in [1.54, 1.807) is 0 Å². The summed E-state index contributed by atoms with van der Waals surface area (Å²) in [5.74, 6) is 1.21. The molecule has 0 N–H and O–H groups in total. The maximum Gasteiger partial charge on any atom is 0.0230 e. The first-order valence-corrected chi connectivity index (χ1v) is 6.61. The molecule has 0 bridgehead atoms. The van der Waals surface area contributed by atoms with Crippen LogP contribution in [0.5, 0.6) is 0 Å². The average molecular weight is 233 g/mol. The second-order valence-electron chi connectivity index (χ2n) is 5.94. The van der Waals surface area contributed by atoms with Crippen molar-refractivity contribution in [2.45, 2.75) is 53.0 Å². The zero-order valence-electron chi connectivity index (χ0n) is 12.5. The lowest BCUT2D eigenvalue weighted by molar-refractivity contribution is 0.401. The SMILES string of the molecule is Cc1c(CN(C)C)cc(C(C)C)cc1C(C)C. The third kappa shape index (κ3) is 3.57. The summed E-state index contributed by atoms with van der Waals surface area (Å²) in [4.78, 5) is 2.25. The Morgan fingerprint density at radius 1 is 1.00 bits per heavy atom. The van der Waals surface area contributed by atoms with Gasteiger partial charge in [-0.15, -0.1) is 0 Å². The molecule has 0 fully saturated rings. The highest BCUT2D eigenvalue weighted by molar-refractivity contribution is 5.41. The molecule has 0 atom stereocenters. The molecule has 0 spiro atoms. The van der Waals surface area contributed by atoms with Gasteiger partial charge >= 0.3 is 0 Å². The zero-order chi connectivity index (χ0) is 13.2. The van der Waals surface area contributed by atoms with Gasteiger partial charge in [0.25, 0.3) is 0 Å². The van der Waals surface area contributed by atoms with Crippen molar-refractivity contribution in [3.8, 4) is 0 Å². The number of hydrogen-bond acceptors (Lipinski definition) is 1. The molecular formula is C16H27N. The van der Waals surface area contributed by atoms with E-state index in [0.29, 0.717) is 11.8 Å². The van der Waals surface area contributed by atoms with Gasteiger partial charge in [-0.3, -0.25) is 0 Å². The molecule has 1 rings (SSSR count). The Labute approximate surface area is 107 Å². The van der Waals surface area contributed by atoms with Crippen LogP contribution in [-0.4, -0.2) is 19.0 Å². The van der Waals surface area contributed by atoms with Gasteiger partial charge in [-0.25, -0.2) is 0 Å². The molecule has 0 aliphatic carbocycles. The van der Waals surface area contributed by atoms with Gasteiger partial charge in [0.1, 0.15) is 0 Å². The van der Waals surface area contributed by atoms with Crippen molar-refractivity contribution >= 4 is 0 Å². The van der Waals surface area contributed by atoms with E-state index in [0.717, 1.165) is 6.54 Å². The first kappa shape index (κ1) is 14.2. The second kappa shape index (κ2) is 5.68.